The van der Waals surface area contributed by atoms with Gasteiger partial charge in [-0.2, -0.15) is 0 Å². The number of carbonyl (C=O) groups excluding carboxylic acids is 1. The average Bonchev–Trinajstić information content (AvgIpc) is 2.76. The van der Waals surface area contributed by atoms with Crippen molar-refractivity contribution in [3.05, 3.63) is 65.7 Å². The van der Waals surface area contributed by atoms with Crippen LogP contribution in [-0.2, 0) is 11.3 Å². The highest BCUT2D eigenvalue weighted by Gasteiger charge is 2.20. The summed E-state index contributed by atoms with van der Waals surface area (Å²) in [6.07, 6.45) is 1.99. The number of methoxy groups -OCH3 is 1. The summed E-state index contributed by atoms with van der Waals surface area (Å²) in [6.45, 7) is 3.98. The van der Waals surface area contributed by atoms with Crippen LogP contribution >= 0.6 is 12.2 Å². The van der Waals surface area contributed by atoms with Gasteiger partial charge in [0.2, 0.25) is 0 Å². The minimum atomic E-state index is -0.225. The highest BCUT2D eigenvalue weighted by atomic mass is 32.1. The summed E-state index contributed by atoms with van der Waals surface area (Å²) < 4.78 is 10.5. The molecule has 2 aromatic carbocycles. The summed E-state index contributed by atoms with van der Waals surface area (Å²) in [4.78, 5) is 14.9. The van der Waals surface area contributed by atoms with Gasteiger partial charge in [0.15, 0.2) is 5.11 Å². The Labute approximate surface area is 183 Å². The first-order chi connectivity index (χ1) is 14.6. The van der Waals surface area contributed by atoms with Gasteiger partial charge in [0, 0.05) is 38.3 Å². The van der Waals surface area contributed by atoms with Gasteiger partial charge in [0.25, 0.3) is 5.91 Å². The number of thiocarbonyl (C=S) groups is 1. The molecule has 2 aromatic rings. The van der Waals surface area contributed by atoms with Gasteiger partial charge in [-0.25, -0.2) is 0 Å². The molecule has 1 amide bonds. The first kappa shape index (κ1) is 22.2. The number of carbonyl (C=O) groups is 1. The fourth-order valence-corrected chi connectivity index (χ4v) is 3.68. The maximum atomic E-state index is 12.4. The molecule has 1 aliphatic heterocycles. The number of piperidine rings is 1. The quantitative estimate of drug-likeness (QED) is 0.499. The zero-order chi connectivity index (χ0) is 21.2. The fourth-order valence-electron chi connectivity index (χ4n) is 3.42. The molecule has 0 aliphatic carbocycles. The Morgan fingerprint density at radius 1 is 1.07 bits per heavy atom. The van der Waals surface area contributed by atoms with E-state index in [2.05, 4.69) is 39.8 Å². The molecule has 7 heteroatoms. The summed E-state index contributed by atoms with van der Waals surface area (Å²) in [5.41, 5.74) is 1.87. The lowest BCUT2D eigenvalue weighted by Gasteiger charge is -2.32. The highest BCUT2D eigenvalue weighted by Crippen LogP contribution is 2.14. The Morgan fingerprint density at radius 3 is 2.43 bits per heavy atom. The summed E-state index contributed by atoms with van der Waals surface area (Å²) >= 11 is 5.35. The molecule has 0 unspecified atom stereocenters. The minimum Gasteiger partial charge on any atom is -0.491 e. The van der Waals surface area contributed by atoms with Crippen LogP contribution in [0.2, 0.25) is 0 Å². The molecule has 2 N–H and O–H groups in total. The van der Waals surface area contributed by atoms with Gasteiger partial charge in [-0.1, -0.05) is 30.3 Å². The second-order valence-electron chi connectivity index (χ2n) is 7.33. The Bertz CT molecular complexity index is 806. The molecule has 3 rings (SSSR count). The normalized spacial score (nSPS) is 14.8. The molecular formula is C23H29N3O3S. The van der Waals surface area contributed by atoms with E-state index in [1.54, 1.807) is 31.4 Å². The SMILES string of the molecule is COCCOc1ccc(C(=O)NC(=S)NC2CCN(Cc3ccccc3)CC2)cc1. The summed E-state index contributed by atoms with van der Waals surface area (Å²) in [6, 6.07) is 17.8. The first-order valence-corrected chi connectivity index (χ1v) is 10.6. The van der Waals surface area contributed by atoms with E-state index in [-0.39, 0.29) is 11.9 Å². The van der Waals surface area contributed by atoms with Crippen molar-refractivity contribution in [1.29, 1.82) is 0 Å². The molecule has 1 heterocycles. The van der Waals surface area contributed by atoms with E-state index < -0.39 is 0 Å². The Balaban J connectivity index is 1.38. The van der Waals surface area contributed by atoms with Crippen molar-refractivity contribution in [1.82, 2.24) is 15.5 Å². The molecule has 30 heavy (non-hydrogen) atoms. The standard InChI is InChI=1S/C23H29N3O3S/c1-28-15-16-29-21-9-7-19(8-10-21)22(27)25-23(30)24-20-11-13-26(14-12-20)17-18-5-3-2-4-6-18/h2-10,20H,11-17H2,1H3,(H2,24,25,27,30). The van der Waals surface area contributed by atoms with E-state index in [0.717, 1.165) is 32.5 Å². The van der Waals surface area contributed by atoms with E-state index in [0.29, 0.717) is 29.6 Å². The van der Waals surface area contributed by atoms with E-state index in [1.165, 1.54) is 5.56 Å². The topological polar surface area (TPSA) is 62.8 Å². The van der Waals surface area contributed by atoms with Crippen LogP contribution in [-0.4, -0.2) is 55.4 Å². The van der Waals surface area contributed by atoms with Crippen molar-refractivity contribution in [2.75, 3.05) is 33.4 Å². The molecule has 1 aliphatic rings. The van der Waals surface area contributed by atoms with Crippen LogP contribution in [0.25, 0.3) is 0 Å². The first-order valence-electron chi connectivity index (χ1n) is 10.2. The number of benzene rings is 2. The van der Waals surface area contributed by atoms with Crippen molar-refractivity contribution in [2.24, 2.45) is 0 Å². The highest BCUT2D eigenvalue weighted by molar-refractivity contribution is 7.80. The molecule has 0 spiro atoms. The molecule has 0 aromatic heterocycles. The second kappa shape index (κ2) is 11.6. The van der Waals surface area contributed by atoms with Crippen molar-refractivity contribution < 1.29 is 14.3 Å². The van der Waals surface area contributed by atoms with Gasteiger partial charge in [-0.05, 0) is 54.9 Å². The van der Waals surface area contributed by atoms with Gasteiger partial charge in [-0.3, -0.25) is 15.0 Å². The second-order valence-corrected chi connectivity index (χ2v) is 7.74. The third-order valence-electron chi connectivity index (χ3n) is 5.07. The van der Waals surface area contributed by atoms with Crippen LogP contribution < -0.4 is 15.4 Å². The lowest BCUT2D eigenvalue weighted by atomic mass is 10.0. The maximum Gasteiger partial charge on any atom is 0.257 e. The number of nitrogens with zero attached hydrogens (tertiary/aromatic N) is 1. The predicted molar refractivity (Wildman–Crippen MR) is 122 cm³/mol. The Kier molecular flexibility index (Phi) is 8.62. The fraction of sp³-hybridized carbons (Fsp3) is 0.391. The molecule has 0 bridgehead atoms. The monoisotopic (exact) mass is 427 g/mol. The van der Waals surface area contributed by atoms with Crippen LogP contribution in [0.15, 0.2) is 54.6 Å². The lowest BCUT2D eigenvalue weighted by molar-refractivity contribution is 0.0976. The smallest absolute Gasteiger partial charge is 0.257 e. The number of likely N-dealkylation sites (tertiary alicyclic amines) is 1. The molecule has 0 saturated carbocycles. The van der Waals surface area contributed by atoms with Crippen LogP contribution in [0.5, 0.6) is 5.75 Å². The van der Waals surface area contributed by atoms with Gasteiger partial charge >= 0.3 is 0 Å². The maximum absolute atomic E-state index is 12.4. The van der Waals surface area contributed by atoms with Crippen LogP contribution in [0.3, 0.4) is 0 Å². The van der Waals surface area contributed by atoms with Crippen LogP contribution in [0, 0.1) is 0 Å². The largest absolute Gasteiger partial charge is 0.491 e. The molecular weight excluding hydrogens is 398 g/mol. The van der Waals surface area contributed by atoms with Gasteiger partial charge in [0.1, 0.15) is 12.4 Å². The summed E-state index contributed by atoms with van der Waals surface area (Å²) in [7, 11) is 1.63. The minimum absolute atomic E-state index is 0.225. The number of rotatable bonds is 8. The van der Waals surface area contributed by atoms with Gasteiger partial charge in [-0.15, -0.1) is 0 Å². The number of ether oxygens (including phenoxy) is 2. The molecule has 6 nitrogen and oxygen atoms in total. The third-order valence-corrected chi connectivity index (χ3v) is 5.29. The zero-order valence-corrected chi connectivity index (χ0v) is 18.1. The molecule has 1 saturated heterocycles. The summed E-state index contributed by atoms with van der Waals surface area (Å²) in [5.74, 6) is 0.476. The third kappa shape index (κ3) is 7.09. The molecule has 1 fully saturated rings. The van der Waals surface area contributed by atoms with E-state index in [1.807, 2.05) is 6.07 Å². The number of hydrogen-bond donors (Lipinski definition) is 2. The van der Waals surface area contributed by atoms with Crippen molar-refractivity contribution >= 4 is 23.2 Å². The van der Waals surface area contributed by atoms with Gasteiger partial charge < -0.3 is 14.8 Å². The Hall–Kier alpha value is -2.48. The van der Waals surface area contributed by atoms with Crippen LogP contribution in [0.1, 0.15) is 28.8 Å². The van der Waals surface area contributed by atoms with Crippen molar-refractivity contribution in [3.63, 3.8) is 0 Å². The molecule has 0 radical (unpaired) electrons. The van der Waals surface area contributed by atoms with E-state index in [9.17, 15) is 4.79 Å². The lowest BCUT2D eigenvalue weighted by Crippen LogP contribution is -2.48. The zero-order valence-electron chi connectivity index (χ0n) is 17.3. The van der Waals surface area contributed by atoms with E-state index in [4.69, 9.17) is 21.7 Å². The molecule has 0 atom stereocenters. The number of amides is 1. The number of nitrogens with one attached hydrogen (secondary N) is 2. The number of hydrogen-bond acceptors (Lipinski definition) is 5. The van der Waals surface area contributed by atoms with E-state index >= 15 is 0 Å². The Morgan fingerprint density at radius 2 is 1.77 bits per heavy atom. The van der Waals surface area contributed by atoms with Crippen molar-refractivity contribution in [2.45, 2.75) is 25.4 Å². The predicted octanol–water partition coefficient (Wildman–Crippen LogP) is 2.98. The van der Waals surface area contributed by atoms with Crippen molar-refractivity contribution in [3.8, 4) is 5.75 Å². The van der Waals surface area contributed by atoms with Crippen LogP contribution in [0.4, 0.5) is 0 Å². The molecule has 160 valence electrons. The summed E-state index contributed by atoms with van der Waals surface area (Å²) in [5, 5.41) is 6.43. The average molecular weight is 428 g/mol. The van der Waals surface area contributed by atoms with Gasteiger partial charge in [0.05, 0.1) is 6.61 Å².